The van der Waals surface area contributed by atoms with Crippen molar-refractivity contribution < 1.29 is 4.74 Å². The number of nitrogens with zero attached hydrogens (tertiary/aromatic N) is 5. The van der Waals surface area contributed by atoms with Crippen LogP contribution in [0.25, 0.3) is 5.82 Å². The summed E-state index contributed by atoms with van der Waals surface area (Å²) in [5, 5.41) is 4.61. The summed E-state index contributed by atoms with van der Waals surface area (Å²) in [5.74, 6) is 1.03. The van der Waals surface area contributed by atoms with Crippen molar-refractivity contribution >= 4 is 27.5 Å². The molecule has 0 N–H and O–H groups in total. The van der Waals surface area contributed by atoms with E-state index >= 15 is 0 Å². The summed E-state index contributed by atoms with van der Waals surface area (Å²) < 4.78 is 8.05. The molecule has 0 fully saturated rings. The van der Waals surface area contributed by atoms with Crippen LogP contribution in [-0.2, 0) is 0 Å². The van der Waals surface area contributed by atoms with Gasteiger partial charge in [0.15, 0.2) is 11.6 Å². The highest BCUT2D eigenvalue weighted by Gasteiger charge is 2.10. The molecule has 0 aliphatic heterocycles. The van der Waals surface area contributed by atoms with Gasteiger partial charge in [0.25, 0.3) is 0 Å². The van der Waals surface area contributed by atoms with Crippen molar-refractivity contribution in [1.82, 2.24) is 24.7 Å². The summed E-state index contributed by atoms with van der Waals surface area (Å²) in [6.45, 7) is 0. The van der Waals surface area contributed by atoms with Gasteiger partial charge in [0.05, 0.1) is 28.1 Å². The van der Waals surface area contributed by atoms with Crippen LogP contribution in [0.5, 0.6) is 11.8 Å². The molecule has 8 heteroatoms. The van der Waals surface area contributed by atoms with Gasteiger partial charge in [-0.3, -0.25) is 0 Å². The number of hydrogen-bond donors (Lipinski definition) is 0. The van der Waals surface area contributed by atoms with E-state index in [2.05, 4.69) is 36.0 Å². The van der Waals surface area contributed by atoms with E-state index in [1.54, 1.807) is 35.4 Å². The number of hydrogen-bond acceptors (Lipinski definition) is 5. The van der Waals surface area contributed by atoms with E-state index in [0.29, 0.717) is 16.6 Å². The molecule has 0 aromatic carbocycles. The zero-order valence-electron chi connectivity index (χ0n) is 9.94. The molecule has 0 aliphatic carbocycles. The van der Waals surface area contributed by atoms with E-state index in [4.69, 9.17) is 16.3 Å². The minimum absolute atomic E-state index is 0.190. The monoisotopic (exact) mass is 351 g/mol. The molecule has 0 aliphatic rings. The Hall–Kier alpha value is -1.99. The molecule has 100 valence electrons. The van der Waals surface area contributed by atoms with E-state index in [9.17, 15) is 0 Å². The van der Waals surface area contributed by atoms with Crippen LogP contribution in [0.15, 0.2) is 47.6 Å². The number of aromatic nitrogens is 5. The number of halogens is 2. The van der Waals surface area contributed by atoms with Crippen LogP contribution >= 0.6 is 27.5 Å². The molecule has 0 unspecified atom stereocenters. The Morgan fingerprint density at radius 3 is 2.65 bits per heavy atom. The molecule has 3 heterocycles. The maximum atomic E-state index is 5.73. The Morgan fingerprint density at radius 2 is 1.95 bits per heavy atom. The quantitative estimate of drug-likeness (QED) is 0.724. The van der Waals surface area contributed by atoms with E-state index < -0.39 is 0 Å². The third-order valence-corrected chi connectivity index (χ3v) is 2.92. The standard InChI is InChI=1S/C12H7BrClN5O/c13-8-4-18-19(7-8)11-10(2-1-3-15-11)20-12-16-5-9(14)6-17-12/h1-7H. The summed E-state index contributed by atoms with van der Waals surface area (Å²) in [6, 6.07) is 3.71. The third kappa shape index (κ3) is 2.78. The lowest BCUT2D eigenvalue weighted by Gasteiger charge is -2.08. The molecule has 0 spiro atoms. The average Bonchev–Trinajstić information content (AvgIpc) is 2.88. The zero-order chi connectivity index (χ0) is 13.9. The van der Waals surface area contributed by atoms with Gasteiger partial charge in [-0.2, -0.15) is 5.10 Å². The minimum Gasteiger partial charge on any atom is -0.420 e. The van der Waals surface area contributed by atoms with E-state index in [-0.39, 0.29) is 6.01 Å². The molecule has 3 aromatic rings. The van der Waals surface area contributed by atoms with Crippen molar-refractivity contribution in [3.05, 3.63) is 52.6 Å². The van der Waals surface area contributed by atoms with Crippen molar-refractivity contribution in [3.63, 3.8) is 0 Å². The Kier molecular flexibility index (Phi) is 3.62. The number of pyridine rings is 1. The Balaban J connectivity index is 1.96. The molecule has 3 rings (SSSR count). The van der Waals surface area contributed by atoms with E-state index in [0.717, 1.165) is 4.47 Å². The first-order chi connectivity index (χ1) is 9.72. The average molecular weight is 353 g/mol. The maximum absolute atomic E-state index is 5.73. The molecule has 20 heavy (non-hydrogen) atoms. The summed E-state index contributed by atoms with van der Waals surface area (Å²) in [4.78, 5) is 12.2. The smallest absolute Gasteiger partial charge is 0.322 e. The summed E-state index contributed by atoms with van der Waals surface area (Å²) in [7, 11) is 0. The SMILES string of the molecule is Clc1cnc(Oc2cccnc2-n2cc(Br)cn2)nc1. The zero-order valence-corrected chi connectivity index (χ0v) is 12.3. The van der Waals surface area contributed by atoms with Crippen LogP contribution in [0.2, 0.25) is 5.02 Å². The third-order valence-electron chi connectivity index (χ3n) is 2.32. The fourth-order valence-electron chi connectivity index (χ4n) is 1.50. The van der Waals surface area contributed by atoms with Crippen molar-refractivity contribution in [3.8, 4) is 17.6 Å². The van der Waals surface area contributed by atoms with Crippen LogP contribution in [0.4, 0.5) is 0 Å². The highest BCUT2D eigenvalue weighted by molar-refractivity contribution is 9.10. The minimum atomic E-state index is 0.190. The second-order valence-electron chi connectivity index (χ2n) is 3.71. The first-order valence-electron chi connectivity index (χ1n) is 5.53. The van der Waals surface area contributed by atoms with Crippen LogP contribution in [0.1, 0.15) is 0 Å². The van der Waals surface area contributed by atoms with Crippen LogP contribution in [-0.4, -0.2) is 24.7 Å². The van der Waals surface area contributed by atoms with Crippen molar-refractivity contribution in [2.24, 2.45) is 0 Å². The molecular formula is C12H7BrClN5O. The molecule has 6 nitrogen and oxygen atoms in total. The molecule has 0 amide bonds. The van der Waals surface area contributed by atoms with E-state index in [1.807, 2.05) is 0 Å². The molecule has 0 bridgehead atoms. The van der Waals surface area contributed by atoms with Crippen molar-refractivity contribution in [1.29, 1.82) is 0 Å². The Labute approximate surface area is 127 Å². The predicted molar refractivity (Wildman–Crippen MR) is 76.2 cm³/mol. The molecule has 0 saturated carbocycles. The second-order valence-corrected chi connectivity index (χ2v) is 5.07. The molecule has 0 saturated heterocycles. The molecule has 3 aromatic heterocycles. The van der Waals surface area contributed by atoms with Gasteiger partial charge in [-0.15, -0.1) is 0 Å². The highest BCUT2D eigenvalue weighted by Crippen LogP contribution is 2.24. The summed E-state index contributed by atoms with van der Waals surface area (Å²) in [6.07, 6.45) is 8.02. The predicted octanol–water partition coefficient (Wildman–Crippen LogP) is 3.27. The van der Waals surface area contributed by atoms with Gasteiger partial charge in [-0.1, -0.05) is 11.6 Å². The van der Waals surface area contributed by atoms with Gasteiger partial charge >= 0.3 is 6.01 Å². The Morgan fingerprint density at radius 1 is 1.15 bits per heavy atom. The van der Waals surface area contributed by atoms with Gasteiger partial charge in [0, 0.05) is 12.4 Å². The van der Waals surface area contributed by atoms with Crippen LogP contribution in [0, 0.1) is 0 Å². The molecular weight excluding hydrogens is 346 g/mol. The van der Waals surface area contributed by atoms with Gasteiger partial charge < -0.3 is 4.74 Å². The fraction of sp³-hybridized carbons (Fsp3) is 0. The number of ether oxygens (including phenoxy) is 1. The molecule has 0 radical (unpaired) electrons. The lowest BCUT2D eigenvalue weighted by molar-refractivity contribution is 0.436. The highest BCUT2D eigenvalue weighted by atomic mass is 79.9. The summed E-state index contributed by atoms with van der Waals surface area (Å²) >= 11 is 9.07. The van der Waals surface area contributed by atoms with Gasteiger partial charge in [0.2, 0.25) is 0 Å². The maximum Gasteiger partial charge on any atom is 0.322 e. The van der Waals surface area contributed by atoms with Crippen LogP contribution < -0.4 is 4.74 Å². The Bertz CT molecular complexity index is 731. The lowest BCUT2D eigenvalue weighted by atomic mass is 10.4. The first kappa shape index (κ1) is 13.0. The van der Waals surface area contributed by atoms with Gasteiger partial charge in [-0.05, 0) is 28.1 Å². The van der Waals surface area contributed by atoms with Crippen molar-refractivity contribution in [2.45, 2.75) is 0 Å². The van der Waals surface area contributed by atoms with E-state index in [1.165, 1.54) is 12.4 Å². The lowest BCUT2D eigenvalue weighted by Crippen LogP contribution is -2.01. The normalized spacial score (nSPS) is 10.5. The second kappa shape index (κ2) is 5.56. The fourth-order valence-corrected chi connectivity index (χ4v) is 1.89. The molecule has 0 atom stereocenters. The number of rotatable bonds is 3. The van der Waals surface area contributed by atoms with Gasteiger partial charge in [0.1, 0.15) is 0 Å². The van der Waals surface area contributed by atoms with Gasteiger partial charge in [-0.25, -0.2) is 19.6 Å². The first-order valence-corrected chi connectivity index (χ1v) is 6.70. The van der Waals surface area contributed by atoms with Crippen molar-refractivity contribution in [2.75, 3.05) is 0 Å². The topological polar surface area (TPSA) is 65.7 Å². The largest absolute Gasteiger partial charge is 0.420 e. The van der Waals surface area contributed by atoms with Crippen LogP contribution in [0.3, 0.4) is 0 Å². The summed E-state index contributed by atoms with van der Waals surface area (Å²) in [5.41, 5.74) is 0.